The predicted octanol–water partition coefficient (Wildman–Crippen LogP) is 3.80. The Morgan fingerprint density at radius 2 is 1.85 bits per heavy atom. The Hall–Kier alpha value is -3.47. The van der Waals surface area contributed by atoms with E-state index in [1.165, 1.54) is 11.0 Å². The van der Waals surface area contributed by atoms with Crippen LogP contribution in [0.3, 0.4) is 0 Å². The number of fused-ring (bicyclic) bond motifs is 2. The van der Waals surface area contributed by atoms with Gasteiger partial charge in [-0.2, -0.15) is 0 Å². The van der Waals surface area contributed by atoms with Gasteiger partial charge in [0.1, 0.15) is 0 Å². The highest BCUT2D eigenvalue weighted by Crippen LogP contribution is 2.39. The second kappa shape index (κ2) is 6.44. The number of aromatic nitrogens is 1. The summed E-state index contributed by atoms with van der Waals surface area (Å²) in [7, 11) is 0. The molecular weight excluding hydrogens is 328 g/mol. The molecule has 4 rings (SSSR count). The van der Waals surface area contributed by atoms with Gasteiger partial charge < -0.3 is 4.74 Å². The lowest BCUT2D eigenvalue weighted by Crippen LogP contribution is -2.23. The van der Waals surface area contributed by atoms with Crippen molar-refractivity contribution < 1.29 is 14.3 Å². The molecule has 1 aromatic heterocycles. The van der Waals surface area contributed by atoms with Crippen molar-refractivity contribution in [1.82, 2.24) is 4.98 Å². The van der Waals surface area contributed by atoms with E-state index in [4.69, 9.17) is 4.74 Å². The van der Waals surface area contributed by atoms with Gasteiger partial charge in [-0.15, -0.1) is 0 Å². The van der Waals surface area contributed by atoms with Crippen molar-refractivity contribution in [2.75, 3.05) is 11.5 Å². The number of nitrogens with zero attached hydrogens (tertiary/aromatic N) is 2. The van der Waals surface area contributed by atoms with Gasteiger partial charge in [0.25, 0.3) is 5.91 Å². The molecule has 3 aromatic rings. The zero-order valence-corrected chi connectivity index (χ0v) is 14.2. The zero-order chi connectivity index (χ0) is 18.1. The minimum atomic E-state index is -0.481. The number of carbonyl (C=O) groups is 2. The van der Waals surface area contributed by atoms with Gasteiger partial charge in [0.05, 0.1) is 23.5 Å². The number of benzene rings is 2. The summed E-state index contributed by atoms with van der Waals surface area (Å²) in [4.78, 5) is 31.2. The van der Waals surface area contributed by atoms with Gasteiger partial charge in [-0.1, -0.05) is 36.4 Å². The van der Waals surface area contributed by atoms with Crippen LogP contribution in [0.1, 0.15) is 22.8 Å². The topological polar surface area (TPSA) is 59.5 Å². The van der Waals surface area contributed by atoms with E-state index in [1.54, 1.807) is 19.2 Å². The summed E-state index contributed by atoms with van der Waals surface area (Å²) in [6.45, 7) is 2.02. The molecule has 0 spiro atoms. The number of amides is 1. The quantitative estimate of drug-likeness (QED) is 0.536. The average molecular weight is 344 g/mol. The summed E-state index contributed by atoms with van der Waals surface area (Å²) in [5.41, 5.74) is 3.10. The highest BCUT2D eigenvalue weighted by Gasteiger charge is 2.34. The molecular formula is C21H16N2O3. The third-order valence-corrected chi connectivity index (χ3v) is 4.27. The SMILES string of the molecule is CCOC(=O)/C=C1/c2ccccc2C(=O)N1c1cccc2cccnc12. The Bertz CT molecular complexity index is 1050. The summed E-state index contributed by atoms with van der Waals surface area (Å²) in [6.07, 6.45) is 3.06. The van der Waals surface area contributed by atoms with Gasteiger partial charge in [0.2, 0.25) is 0 Å². The minimum absolute atomic E-state index is 0.186. The zero-order valence-electron chi connectivity index (χ0n) is 14.2. The maximum absolute atomic E-state index is 13.1. The lowest BCUT2D eigenvalue weighted by molar-refractivity contribution is -0.137. The van der Waals surface area contributed by atoms with E-state index in [0.717, 1.165) is 5.39 Å². The molecule has 2 heterocycles. The van der Waals surface area contributed by atoms with Gasteiger partial charge in [0, 0.05) is 28.8 Å². The molecule has 0 saturated carbocycles. The largest absolute Gasteiger partial charge is 0.463 e. The fraction of sp³-hybridized carbons (Fsp3) is 0.0952. The Balaban J connectivity index is 1.94. The second-order valence-corrected chi connectivity index (χ2v) is 5.82. The van der Waals surface area contributed by atoms with Crippen molar-refractivity contribution >= 4 is 34.2 Å². The van der Waals surface area contributed by atoms with Crippen molar-refractivity contribution in [2.45, 2.75) is 6.92 Å². The van der Waals surface area contributed by atoms with Crippen LogP contribution in [0.4, 0.5) is 5.69 Å². The molecule has 5 nitrogen and oxygen atoms in total. The van der Waals surface area contributed by atoms with Crippen LogP contribution in [0.25, 0.3) is 16.6 Å². The number of hydrogen-bond acceptors (Lipinski definition) is 4. The van der Waals surface area contributed by atoms with E-state index in [1.807, 2.05) is 48.5 Å². The molecule has 128 valence electrons. The first-order chi connectivity index (χ1) is 12.7. The average Bonchev–Trinajstić information content (AvgIpc) is 2.94. The molecule has 0 bridgehead atoms. The third-order valence-electron chi connectivity index (χ3n) is 4.27. The summed E-state index contributed by atoms with van der Waals surface area (Å²) in [6, 6.07) is 16.7. The van der Waals surface area contributed by atoms with Gasteiger partial charge in [-0.25, -0.2) is 4.79 Å². The number of pyridine rings is 1. The smallest absolute Gasteiger partial charge is 0.332 e. The number of esters is 1. The molecule has 0 saturated heterocycles. The number of rotatable bonds is 3. The molecule has 0 radical (unpaired) electrons. The fourth-order valence-corrected chi connectivity index (χ4v) is 3.19. The Morgan fingerprint density at radius 3 is 2.65 bits per heavy atom. The van der Waals surface area contributed by atoms with E-state index in [0.29, 0.717) is 28.0 Å². The predicted molar refractivity (Wildman–Crippen MR) is 99.6 cm³/mol. The molecule has 2 aromatic carbocycles. The van der Waals surface area contributed by atoms with Gasteiger partial charge in [-0.05, 0) is 25.1 Å². The second-order valence-electron chi connectivity index (χ2n) is 5.82. The standard InChI is InChI=1S/C21H16N2O3/c1-2-26-19(24)13-18-15-9-3-4-10-16(15)21(25)23(18)17-11-5-7-14-8-6-12-22-20(14)17/h3-13H,2H2,1H3/b18-13-. The van der Waals surface area contributed by atoms with Crippen LogP contribution in [0.5, 0.6) is 0 Å². The molecule has 0 unspecified atom stereocenters. The number of anilines is 1. The fourth-order valence-electron chi connectivity index (χ4n) is 3.19. The molecule has 0 atom stereocenters. The van der Waals surface area contributed by atoms with Crippen LogP contribution in [-0.2, 0) is 9.53 Å². The van der Waals surface area contributed by atoms with Crippen LogP contribution in [0.15, 0.2) is 66.9 Å². The normalized spacial score (nSPS) is 14.7. The monoisotopic (exact) mass is 344 g/mol. The molecule has 0 aliphatic carbocycles. The van der Waals surface area contributed by atoms with E-state index >= 15 is 0 Å². The Labute approximate surface area is 150 Å². The first-order valence-corrected chi connectivity index (χ1v) is 8.36. The van der Waals surface area contributed by atoms with Crippen LogP contribution in [-0.4, -0.2) is 23.5 Å². The lowest BCUT2D eigenvalue weighted by Gasteiger charge is -2.19. The maximum Gasteiger partial charge on any atom is 0.332 e. The summed E-state index contributed by atoms with van der Waals surface area (Å²) < 4.78 is 5.06. The van der Waals surface area contributed by atoms with Gasteiger partial charge in [0.15, 0.2) is 0 Å². The highest BCUT2D eigenvalue weighted by atomic mass is 16.5. The van der Waals surface area contributed by atoms with E-state index < -0.39 is 5.97 Å². The number of carbonyl (C=O) groups excluding carboxylic acids is 2. The maximum atomic E-state index is 13.1. The van der Waals surface area contributed by atoms with Crippen molar-refractivity contribution in [3.63, 3.8) is 0 Å². The molecule has 1 aliphatic heterocycles. The molecule has 1 aliphatic rings. The highest BCUT2D eigenvalue weighted by molar-refractivity contribution is 6.25. The van der Waals surface area contributed by atoms with Gasteiger partial charge >= 0.3 is 5.97 Å². The Morgan fingerprint density at radius 1 is 1.08 bits per heavy atom. The van der Waals surface area contributed by atoms with Crippen molar-refractivity contribution in [3.8, 4) is 0 Å². The molecule has 0 N–H and O–H groups in total. The van der Waals surface area contributed by atoms with Crippen LogP contribution < -0.4 is 4.90 Å². The lowest BCUT2D eigenvalue weighted by atomic mass is 10.1. The van der Waals surface area contributed by atoms with E-state index in [2.05, 4.69) is 4.98 Å². The van der Waals surface area contributed by atoms with Gasteiger partial charge in [-0.3, -0.25) is 14.7 Å². The van der Waals surface area contributed by atoms with Crippen LogP contribution >= 0.6 is 0 Å². The van der Waals surface area contributed by atoms with Crippen LogP contribution in [0, 0.1) is 0 Å². The van der Waals surface area contributed by atoms with E-state index in [-0.39, 0.29) is 12.5 Å². The van der Waals surface area contributed by atoms with Crippen LogP contribution in [0.2, 0.25) is 0 Å². The summed E-state index contributed by atoms with van der Waals surface area (Å²) in [5.74, 6) is -0.667. The first kappa shape index (κ1) is 16.0. The molecule has 26 heavy (non-hydrogen) atoms. The molecule has 0 fully saturated rings. The summed E-state index contributed by atoms with van der Waals surface area (Å²) >= 11 is 0. The van der Waals surface area contributed by atoms with Crippen molar-refractivity contribution in [2.24, 2.45) is 0 Å². The van der Waals surface area contributed by atoms with E-state index in [9.17, 15) is 9.59 Å². The molecule has 1 amide bonds. The number of para-hydroxylation sites is 1. The first-order valence-electron chi connectivity index (χ1n) is 8.36. The minimum Gasteiger partial charge on any atom is -0.463 e. The number of ether oxygens (including phenoxy) is 1. The third kappa shape index (κ3) is 2.54. The van der Waals surface area contributed by atoms with Crippen molar-refractivity contribution in [1.29, 1.82) is 0 Å². The van der Waals surface area contributed by atoms with Crippen molar-refractivity contribution in [3.05, 3.63) is 78.0 Å². The molecule has 5 heteroatoms. The Kier molecular flexibility index (Phi) is 3.97. The summed E-state index contributed by atoms with van der Waals surface area (Å²) in [5, 5.41) is 0.921. The number of hydrogen-bond donors (Lipinski definition) is 0.